The first kappa shape index (κ1) is 24.5. The summed E-state index contributed by atoms with van der Waals surface area (Å²) in [6.45, 7) is 0.761. The summed E-state index contributed by atoms with van der Waals surface area (Å²) in [5.41, 5.74) is -2.01. The lowest BCUT2D eigenvalue weighted by atomic mass is 10.1. The van der Waals surface area contributed by atoms with E-state index in [9.17, 15) is 35.9 Å². The van der Waals surface area contributed by atoms with E-state index in [0.29, 0.717) is 0 Å². The molecule has 35 heavy (non-hydrogen) atoms. The number of hydrogen-bond acceptors (Lipinski definition) is 5. The molecule has 0 unspecified atom stereocenters. The molecular formula is C22H15F6N3O3S. The Morgan fingerprint density at radius 2 is 1.94 bits per heavy atom. The maximum absolute atomic E-state index is 13.8. The molecule has 3 heterocycles. The van der Waals surface area contributed by atoms with E-state index in [-0.39, 0.29) is 32.0 Å². The van der Waals surface area contributed by atoms with Crippen LogP contribution in [0.4, 0.5) is 26.3 Å². The predicted octanol–water partition coefficient (Wildman–Crippen LogP) is 5.94. The average Bonchev–Trinajstić information content (AvgIpc) is 3.10. The Bertz CT molecular complexity index is 1520. The predicted molar refractivity (Wildman–Crippen MR) is 117 cm³/mol. The Balaban J connectivity index is 1.82. The highest BCUT2D eigenvalue weighted by molar-refractivity contribution is 7.22. The van der Waals surface area contributed by atoms with E-state index < -0.39 is 54.1 Å². The summed E-state index contributed by atoms with van der Waals surface area (Å²) < 4.78 is 85.4. The van der Waals surface area contributed by atoms with E-state index in [1.54, 1.807) is 0 Å². The first-order chi connectivity index (χ1) is 16.4. The maximum Gasteiger partial charge on any atom is 0.390 e. The molecule has 13 heteroatoms. The number of aromatic nitrogens is 3. The number of benzene rings is 1. The summed E-state index contributed by atoms with van der Waals surface area (Å²) in [5, 5.41) is -0.0227. The Kier molecular flexibility index (Phi) is 6.45. The molecule has 1 N–H and O–H groups in total. The number of nitrogens with zero attached hydrogens (tertiary/aromatic N) is 2. The zero-order chi connectivity index (χ0) is 25.5. The molecule has 0 aliphatic rings. The summed E-state index contributed by atoms with van der Waals surface area (Å²) in [6, 6.07) is 5.90. The van der Waals surface area contributed by atoms with E-state index in [0.717, 1.165) is 34.1 Å². The summed E-state index contributed by atoms with van der Waals surface area (Å²) in [5.74, 6) is -1.15. The number of rotatable bonds is 6. The van der Waals surface area contributed by atoms with Gasteiger partial charge in [-0.25, -0.2) is 22.9 Å². The summed E-state index contributed by atoms with van der Waals surface area (Å²) in [7, 11) is 0. The second-order valence-electron chi connectivity index (χ2n) is 7.49. The van der Waals surface area contributed by atoms with Crippen molar-refractivity contribution < 1.29 is 31.1 Å². The average molecular weight is 515 g/mol. The molecule has 0 saturated heterocycles. The summed E-state index contributed by atoms with van der Waals surface area (Å²) >= 11 is 0.815. The van der Waals surface area contributed by atoms with Crippen LogP contribution in [0.1, 0.15) is 24.0 Å². The number of thiophene rings is 1. The fraction of sp³-hybridized carbons (Fsp3) is 0.227. The van der Waals surface area contributed by atoms with Gasteiger partial charge in [0.1, 0.15) is 16.4 Å². The third-order valence-electron chi connectivity index (χ3n) is 5.07. The minimum atomic E-state index is -4.54. The van der Waals surface area contributed by atoms with Crippen molar-refractivity contribution in [2.45, 2.75) is 32.5 Å². The molecule has 4 aromatic rings. The fourth-order valence-corrected chi connectivity index (χ4v) is 4.78. The molecule has 0 saturated carbocycles. The number of aromatic amines is 1. The van der Waals surface area contributed by atoms with Gasteiger partial charge in [-0.2, -0.15) is 13.2 Å². The van der Waals surface area contributed by atoms with Crippen molar-refractivity contribution in [3.05, 3.63) is 74.3 Å². The third kappa shape index (κ3) is 5.09. The van der Waals surface area contributed by atoms with Crippen molar-refractivity contribution >= 4 is 21.6 Å². The smallest absolute Gasteiger partial charge is 0.390 e. The van der Waals surface area contributed by atoms with E-state index in [1.165, 1.54) is 25.3 Å². The first-order valence-electron chi connectivity index (χ1n) is 9.99. The SMILES string of the molecule is Cc1c(-c2cnc(Oc3cccc(F)c3)c(C(F)F)c2)sc2c1c(=O)[nH]c(=O)n2CCC(F)(F)F. The molecule has 0 aliphatic carbocycles. The van der Waals surface area contributed by atoms with Gasteiger partial charge >= 0.3 is 11.9 Å². The summed E-state index contributed by atoms with van der Waals surface area (Å²) in [6.07, 6.45) is -7.69. The van der Waals surface area contributed by atoms with Crippen molar-refractivity contribution in [3.63, 3.8) is 0 Å². The van der Waals surface area contributed by atoms with Gasteiger partial charge in [-0.15, -0.1) is 11.3 Å². The van der Waals surface area contributed by atoms with Gasteiger partial charge in [0.15, 0.2) is 0 Å². The number of fused-ring (bicyclic) bond motifs is 1. The fourth-order valence-electron chi connectivity index (χ4n) is 3.47. The van der Waals surface area contributed by atoms with Crippen LogP contribution >= 0.6 is 11.3 Å². The van der Waals surface area contributed by atoms with Crippen LogP contribution < -0.4 is 16.0 Å². The van der Waals surface area contributed by atoms with Crippen LogP contribution in [0.25, 0.3) is 20.7 Å². The number of nitrogens with one attached hydrogen (secondary N) is 1. The lowest BCUT2D eigenvalue weighted by molar-refractivity contribution is -0.136. The number of alkyl halides is 5. The minimum absolute atomic E-state index is 0.0193. The van der Waals surface area contributed by atoms with Gasteiger partial charge < -0.3 is 4.74 Å². The second-order valence-corrected chi connectivity index (χ2v) is 8.49. The molecule has 3 aromatic heterocycles. The number of halogens is 6. The van der Waals surface area contributed by atoms with E-state index in [1.807, 2.05) is 4.98 Å². The zero-order valence-electron chi connectivity index (χ0n) is 17.8. The van der Waals surface area contributed by atoms with Gasteiger partial charge in [-0.3, -0.25) is 14.3 Å². The van der Waals surface area contributed by atoms with Crippen molar-refractivity contribution in [2.75, 3.05) is 0 Å². The molecule has 0 atom stereocenters. The van der Waals surface area contributed by atoms with Gasteiger partial charge in [-0.1, -0.05) is 6.07 Å². The number of pyridine rings is 1. The Morgan fingerprint density at radius 3 is 2.60 bits per heavy atom. The molecule has 4 rings (SSSR count). The van der Waals surface area contributed by atoms with Gasteiger partial charge in [0, 0.05) is 29.2 Å². The quantitative estimate of drug-likeness (QED) is 0.323. The number of ether oxygens (including phenoxy) is 1. The Hall–Kier alpha value is -3.61. The van der Waals surface area contributed by atoms with Gasteiger partial charge in [0.05, 0.1) is 17.4 Å². The number of aryl methyl sites for hydroxylation is 2. The lowest BCUT2D eigenvalue weighted by Gasteiger charge is -2.11. The van der Waals surface area contributed by atoms with Crippen LogP contribution in [-0.2, 0) is 6.54 Å². The zero-order valence-corrected chi connectivity index (χ0v) is 18.6. The van der Waals surface area contributed by atoms with Gasteiger partial charge in [0.25, 0.3) is 12.0 Å². The molecule has 1 aromatic carbocycles. The van der Waals surface area contributed by atoms with Crippen LogP contribution in [0.3, 0.4) is 0 Å². The van der Waals surface area contributed by atoms with E-state index >= 15 is 0 Å². The molecule has 0 amide bonds. The van der Waals surface area contributed by atoms with Crippen molar-refractivity contribution in [1.82, 2.24) is 14.5 Å². The van der Waals surface area contributed by atoms with Gasteiger partial charge in [0.2, 0.25) is 5.88 Å². The van der Waals surface area contributed by atoms with Crippen LogP contribution in [0.2, 0.25) is 0 Å². The van der Waals surface area contributed by atoms with Crippen molar-refractivity contribution in [3.8, 4) is 22.1 Å². The van der Waals surface area contributed by atoms with Crippen molar-refractivity contribution in [2.24, 2.45) is 0 Å². The molecule has 0 bridgehead atoms. The molecule has 0 radical (unpaired) electrons. The molecule has 0 fully saturated rings. The normalized spacial score (nSPS) is 12.0. The van der Waals surface area contributed by atoms with E-state index in [2.05, 4.69) is 4.98 Å². The summed E-state index contributed by atoms with van der Waals surface area (Å²) in [4.78, 5) is 30.8. The second kappa shape index (κ2) is 9.21. The van der Waals surface area contributed by atoms with Crippen LogP contribution in [0.5, 0.6) is 11.6 Å². The highest BCUT2D eigenvalue weighted by Crippen LogP contribution is 2.40. The van der Waals surface area contributed by atoms with Gasteiger partial charge in [-0.05, 0) is 30.7 Å². The lowest BCUT2D eigenvalue weighted by Crippen LogP contribution is -2.31. The van der Waals surface area contributed by atoms with Crippen molar-refractivity contribution in [1.29, 1.82) is 0 Å². The maximum atomic E-state index is 13.8. The van der Waals surface area contributed by atoms with Crippen LogP contribution in [0.15, 0.2) is 46.1 Å². The molecule has 6 nitrogen and oxygen atoms in total. The first-order valence-corrected chi connectivity index (χ1v) is 10.8. The van der Waals surface area contributed by atoms with E-state index in [4.69, 9.17) is 4.74 Å². The third-order valence-corrected chi connectivity index (χ3v) is 6.44. The largest absolute Gasteiger partial charge is 0.438 e. The monoisotopic (exact) mass is 515 g/mol. The molecule has 0 spiro atoms. The molecule has 0 aliphatic heterocycles. The number of H-pyrrole nitrogens is 1. The van der Waals surface area contributed by atoms with Crippen LogP contribution in [0, 0.1) is 12.7 Å². The highest BCUT2D eigenvalue weighted by Gasteiger charge is 2.28. The highest BCUT2D eigenvalue weighted by atomic mass is 32.1. The number of hydrogen-bond donors (Lipinski definition) is 1. The Labute approximate surface area is 196 Å². The molecule has 184 valence electrons. The standard InChI is InChI=1S/C22H15F6N3O3S/c1-10-15-18(32)30-21(33)31(6-5-22(26,27)28)20(15)35-16(10)11-7-14(17(24)25)19(29-9-11)34-13-4-2-3-12(23)8-13/h2-4,7-9,17H,5-6H2,1H3,(H,30,32,33). The topological polar surface area (TPSA) is 77.0 Å². The minimum Gasteiger partial charge on any atom is -0.438 e. The Morgan fingerprint density at radius 1 is 1.20 bits per heavy atom. The molecular weight excluding hydrogens is 500 g/mol. The van der Waals surface area contributed by atoms with Crippen LogP contribution in [-0.4, -0.2) is 20.7 Å².